The molecule has 1 heterocycles. The normalized spacial score (nSPS) is 12.0. The largest absolute Gasteiger partial charge is 0.493 e. The molecule has 3 aromatic carbocycles. The highest BCUT2D eigenvalue weighted by Crippen LogP contribution is 2.29. The van der Waals surface area contributed by atoms with Crippen molar-refractivity contribution >= 4 is 11.0 Å². The Hall–Kier alpha value is -3.51. The molecule has 0 aliphatic heterocycles. The second kappa shape index (κ2) is 9.96. The molecule has 1 atom stereocenters. The Morgan fingerprint density at radius 1 is 0.909 bits per heavy atom. The molecule has 172 valence electrons. The lowest BCUT2D eigenvalue weighted by Crippen LogP contribution is -2.24. The fraction of sp³-hybridized carbons (Fsp3) is 0.296. The van der Waals surface area contributed by atoms with Gasteiger partial charge in [-0.15, -0.1) is 0 Å². The molecular weight excluding hydrogens is 416 g/mol. The van der Waals surface area contributed by atoms with Crippen molar-refractivity contribution in [1.82, 2.24) is 9.55 Å². The van der Waals surface area contributed by atoms with Crippen LogP contribution in [0.4, 0.5) is 0 Å². The lowest BCUT2D eigenvalue weighted by Gasteiger charge is -2.16. The van der Waals surface area contributed by atoms with E-state index < -0.39 is 6.10 Å². The smallest absolute Gasteiger partial charge is 0.161 e. The van der Waals surface area contributed by atoms with Gasteiger partial charge in [-0.2, -0.15) is 0 Å². The number of rotatable bonds is 9. The van der Waals surface area contributed by atoms with Gasteiger partial charge in [0, 0.05) is 6.42 Å². The molecule has 0 spiro atoms. The van der Waals surface area contributed by atoms with Crippen molar-refractivity contribution in [3.05, 3.63) is 83.2 Å². The molecule has 0 bridgehead atoms. The van der Waals surface area contributed by atoms with Crippen molar-refractivity contribution in [2.75, 3.05) is 20.8 Å². The van der Waals surface area contributed by atoms with E-state index >= 15 is 0 Å². The lowest BCUT2D eigenvalue weighted by molar-refractivity contribution is 0.0927. The number of ether oxygens (including phenoxy) is 3. The minimum atomic E-state index is -0.687. The van der Waals surface area contributed by atoms with Gasteiger partial charge in [-0.1, -0.05) is 24.3 Å². The number of benzene rings is 3. The van der Waals surface area contributed by atoms with Gasteiger partial charge < -0.3 is 23.9 Å². The maximum atomic E-state index is 10.8. The van der Waals surface area contributed by atoms with E-state index in [4.69, 9.17) is 19.2 Å². The summed E-state index contributed by atoms with van der Waals surface area (Å²) >= 11 is 0. The molecule has 1 unspecified atom stereocenters. The zero-order valence-electron chi connectivity index (χ0n) is 19.5. The summed E-state index contributed by atoms with van der Waals surface area (Å²) in [6.07, 6.45) is -0.0897. The number of imidazole rings is 1. The van der Waals surface area contributed by atoms with Crippen LogP contribution in [0.25, 0.3) is 11.0 Å². The van der Waals surface area contributed by atoms with Crippen LogP contribution >= 0.6 is 0 Å². The van der Waals surface area contributed by atoms with Crippen molar-refractivity contribution in [2.45, 2.75) is 32.9 Å². The SMILES string of the molecule is COc1ccc(Cc2nc3ccccc3n2CC(O)COc2ccc(C)c(C)c2)cc1OC. The molecule has 0 amide bonds. The summed E-state index contributed by atoms with van der Waals surface area (Å²) in [5.41, 5.74) is 5.31. The molecule has 1 N–H and O–H groups in total. The van der Waals surface area contributed by atoms with E-state index in [0.29, 0.717) is 24.5 Å². The Morgan fingerprint density at radius 3 is 2.45 bits per heavy atom. The van der Waals surface area contributed by atoms with E-state index in [1.165, 1.54) is 11.1 Å². The predicted octanol–water partition coefficient (Wildman–Crippen LogP) is 4.70. The number of hydrogen-bond acceptors (Lipinski definition) is 5. The van der Waals surface area contributed by atoms with E-state index in [-0.39, 0.29) is 6.61 Å². The molecule has 0 saturated carbocycles. The van der Waals surface area contributed by atoms with Gasteiger partial charge in [-0.3, -0.25) is 0 Å². The van der Waals surface area contributed by atoms with Gasteiger partial charge in [0.05, 0.1) is 31.8 Å². The third kappa shape index (κ3) is 5.12. The lowest BCUT2D eigenvalue weighted by atomic mass is 10.1. The fourth-order valence-electron chi connectivity index (χ4n) is 3.90. The molecule has 0 saturated heterocycles. The maximum Gasteiger partial charge on any atom is 0.161 e. The summed E-state index contributed by atoms with van der Waals surface area (Å²) in [4.78, 5) is 4.84. The summed E-state index contributed by atoms with van der Waals surface area (Å²) in [5.74, 6) is 3.00. The number of fused-ring (bicyclic) bond motifs is 1. The highest BCUT2D eigenvalue weighted by molar-refractivity contribution is 5.76. The first-order valence-electron chi connectivity index (χ1n) is 11.0. The average molecular weight is 447 g/mol. The molecule has 0 fully saturated rings. The van der Waals surface area contributed by atoms with Gasteiger partial charge in [0.25, 0.3) is 0 Å². The van der Waals surface area contributed by atoms with Crippen molar-refractivity contribution in [1.29, 1.82) is 0 Å². The summed E-state index contributed by atoms with van der Waals surface area (Å²) in [6, 6.07) is 19.8. The van der Waals surface area contributed by atoms with E-state index in [1.54, 1.807) is 14.2 Å². The van der Waals surface area contributed by atoms with Crippen LogP contribution in [-0.4, -0.2) is 41.6 Å². The number of nitrogens with zero attached hydrogens (tertiary/aromatic N) is 2. The van der Waals surface area contributed by atoms with Gasteiger partial charge >= 0.3 is 0 Å². The molecule has 4 rings (SSSR count). The summed E-state index contributed by atoms with van der Waals surface area (Å²) in [6.45, 7) is 4.70. The van der Waals surface area contributed by atoms with Crippen molar-refractivity contribution in [2.24, 2.45) is 0 Å². The minimum Gasteiger partial charge on any atom is -0.493 e. The van der Waals surface area contributed by atoms with Gasteiger partial charge in [-0.05, 0) is 66.9 Å². The number of methoxy groups -OCH3 is 2. The quantitative estimate of drug-likeness (QED) is 0.404. The zero-order valence-corrected chi connectivity index (χ0v) is 19.5. The van der Waals surface area contributed by atoms with Gasteiger partial charge in [0.15, 0.2) is 11.5 Å². The molecular formula is C27H30N2O4. The van der Waals surface area contributed by atoms with Gasteiger partial charge in [-0.25, -0.2) is 4.98 Å². The standard InChI is InChI=1S/C27H30N2O4/c1-18-9-11-22(13-19(18)2)33-17-21(30)16-29-24-8-6-5-7-23(24)28-27(29)15-20-10-12-25(31-3)26(14-20)32-4/h5-14,21,30H,15-17H2,1-4H3. The molecule has 6 heteroatoms. The van der Waals surface area contributed by atoms with Crippen LogP contribution in [0.1, 0.15) is 22.5 Å². The highest BCUT2D eigenvalue weighted by atomic mass is 16.5. The van der Waals surface area contributed by atoms with E-state index in [2.05, 4.69) is 18.4 Å². The fourth-order valence-corrected chi connectivity index (χ4v) is 3.90. The molecule has 1 aromatic heterocycles. The van der Waals surface area contributed by atoms with Gasteiger partial charge in [0.2, 0.25) is 0 Å². The number of aliphatic hydroxyl groups excluding tert-OH is 1. The first-order chi connectivity index (χ1) is 16.0. The molecule has 4 aromatic rings. The Balaban J connectivity index is 1.55. The average Bonchev–Trinajstić information content (AvgIpc) is 3.16. The van der Waals surface area contributed by atoms with Crippen LogP contribution in [-0.2, 0) is 13.0 Å². The zero-order chi connectivity index (χ0) is 23.4. The summed E-state index contributed by atoms with van der Waals surface area (Å²) in [7, 11) is 3.25. The molecule has 6 nitrogen and oxygen atoms in total. The van der Waals surface area contributed by atoms with Crippen molar-refractivity contribution in [3.63, 3.8) is 0 Å². The Labute approximate surface area is 194 Å². The topological polar surface area (TPSA) is 65.7 Å². The van der Waals surface area contributed by atoms with Crippen molar-refractivity contribution in [3.8, 4) is 17.2 Å². The Bertz CT molecular complexity index is 1250. The van der Waals surface area contributed by atoms with Crippen LogP contribution in [0.3, 0.4) is 0 Å². The molecule has 33 heavy (non-hydrogen) atoms. The van der Waals surface area contributed by atoms with E-state index in [1.807, 2.05) is 60.7 Å². The first kappa shape index (κ1) is 22.7. The summed E-state index contributed by atoms with van der Waals surface area (Å²) in [5, 5.41) is 10.8. The predicted molar refractivity (Wildman–Crippen MR) is 130 cm³/mol. The highest BCUT2D eigenvalue weighted by Gasteiger charge is 2.16. The monoisotopic (exact) mass is 446 g/mol. The van der Waals surface area contributed by atoms with E-state index in [0.717, 1.165) is 28.2 Å². The van der Waals surface area contributed by atoms with Crippen LogP contribution in [0.15, 0.2) is 60.7 Å². The second-order valence-electron chi connectivity index (χ2n) is 8.20. The third-order valence-electron chi connectivity index (χ3n) is 5.86. The van der Waals surface area contributed by atoms with Gasteiger partial charge in [0.1, 0.15) is 24.3 Å². The molecule has 0 aliphatic carbocycles. The number of aromatic nitrogens is 2. The first-order valence-corrected chi connectivity index (χ1v) is 11.0. The van der Waals surface area contributed by atoms with Crippen LogP contribution < -0.4 is 14.2 Å². The number of para-hydroxylation sites is 2. The number of aryl methyl sites for hydroxylation is 2. The number of aliphatic hydroxyl groups is 1. The maximum absolute atomic E-state index is 10.8. The summed E-state index contributed by atoms with van der Waals surface area (Å²) < 4.78 is 18.7. The molecule has 0 radical (unpaired) electrons. The van der Waals surface area contributed by atoms with Crippen LogP contribution in [0.2, 0.25) is 0 Å². The number of hydrogen-bond donors (Lipinski definition) is 1. The second-order valence-corrected chi connectivity index (χ2v) is 8.20. The van der Waals surface area contributed by atoms with Crippen LogP contribution in [0, 0.1) is 13.8 Å². The van der Waals surface area contributed by atoms with Crippen LogP contribution in [0.5, 0.6) is 17.2 Å². The Kier molecular flexibility index (Phi) is 6.84. The third-order valence-corrected chi connectivity index (χ3v) is 5.86. The van der Waals surface area contributed by atoms with E-state index in [9.17, 15) is 5.11 Å². The van der Waals surface area contributed by atoms with Crippen molar-refractivity contribution < 1.29 is 19.3 Å². The Morgan fingerprint density at radius 2 is 1.70 bits per heavy atom. The molecule has 0 aliphatic rings. The minimum absolute atomic E-state index is 0.199.